The molecular formula is C21H13F6N3O4S. The summed E-state index contributed by atoms with van der Waals surface area (Å²) in [5, 5.41) is 12.2. The molecule has 0 fully saturated rings. The number of sulfonamides is 1. The largest absolute Gasteiger partial charge is 0.478 e. The number of carboxylic acid groups (broad SMARTS) is 1. The number of aromatic carboxylic acids is 1. The Hall–Kier alpha value is -3.81. The zero-order chi connectivity index (χ0) is 25.8. The van der Waals surface area contributed by atoms with Crippen LogP contribution < -0.4 is 9.62 Å². The Bertz CT molecular complexity index is 1420. The molecule has 0 bridgehead atoms. The predicted octanol–water partition coefficient (Wildman–Crippen LogP) is 5.27. The van der Waals surface area contributed by atoms with Crippen molar-refractivity contribution in [2.75, 3.05) is 9.62 Å². The van der Waals surface area contributed by atoms with Gasteiger partial charge in [0.25, 0.3) is 10.0 Å². The van der Waals surface area contributed by atoms with Gasteiger partial charge in [-0.1, -0.05) is 12.1 Å². The van der Waals surface area contributed by atoms with Gasteiger partial charge < -0.3 is 10.4 Å². The molecule has 0 amide bonds. The highest BCUT2D eigenvalue weighted by molar-refractivity contribution is 7.92. The molecule has 2 aromatic carbocycles. The van der Waals surface area contributed by atoms with E-state index in [9.17, 15) is 44.7 Å². The van der Waals surface area contributed by atoms with E-state index in [4.69, 9.17) is 0 Å². The van der Waals surface area contributed by atoms with Crippen molar-refractivity contribution in [1.29, 1.82) is 0 Å². The molecule has 14 heteroatoms. The average molecular weight is 517 g/mol. The summed E-state index contributed by atoms with van der Waals surface area (Å²) >= 11 is 0. The maximum Gasteiger partial charge on any atom is 0.433 e. The molecule has 35 heavy (non-hydrogen) atoms. The van der Waals surface area contributed by atoms with Crippen molar-refractivity contribution < 1.29 is 44.7 Å². The van der Waals surface area contributed by atoms with E-state index in [2.05, 4.69) is 10.3 Å². The summed E-state index contributed by atoms with van der Waals surface area (Å²) in [6, 6.07) is 7.73. The van der Waals surface area contributed by atoms with Gasteiger partial charge in [-0.05, 0) is 42.5 Å². The minimum atomic E-state index is -4.80. The monoisotopic (exact) mass is 517 g/mol. The number of carbonyl (C=O) groups is 1. The van der Waals surface area contributed by atoms with E-state index in [0.717, 1.165) is 12.1 Å². The van der Waals surface area contributed by atoms with E-state index in [1.165, 1.54) is 12.1 Å². The number of para-hydroxylation sites is 1. The smallest absolute Gasteiger partial charge is 0.433 e. The van der Waals surface area contributed by atoms with Crippen molar-refractivity contribution in [3.05, 3.63) is 77.0 Å². The third kappa shape index (κ3) is 4.48. The van der Waals surface area contributed by atoms with Gasteiger partial charge in [0.1, 0.15) is 11.5 Å². The van der Waals surface area contributed by atoms with E-state index in [-0.39, 0.29) is 17.1 Å². The average Bonchev–Trinajstić information content (AvgIpc) is 2.94. The second-order valence-corrected chi connectivity index (χ2v) is 9.23. The van der Waals surface area contributed by atoms with E-state index in [1.807, 2.05) is 0 Å². The zero-order valence-corrected chi connectivity index (χ0v) is 18.0. The van der Waals surface area contributed by atoms with Crippen molar-refractivity contribution in [1.82, 2.24) is 4.98 Å². The number of aromatic nitrogens is 1. The molecular weight excluding hydrogens is 504 g/mol. The van der Waals surface area contributed by atoms with Crippen molar-refractivity contribution in [3.8, 4) is 0 Å². The fourth-order valence-electron chi connectivity index (χ4n) is 3.48. The van der Waals surface area contributed by atoms with Crippen LogP contribution in [0.2, 0.25) is 0 Å². The summed E-state index contributed by atoms with van der Waals surface area (Å²) in [6.07, 6.45) is -9.53. The quantitative estimate of drug-likeness (QED) is 0.460. The number of nitrogens with one attached hydrogen (secondary N) is 1. The number of hydrogen-bond donors (Lipinski definition) is 2. The molecule has 0 radical (unpaired) electrons. The third-order valence-electron chi connectivity index (χ3n) is 5.12. The molecule has 184 valence electrons. The summed E-state index contributed by atoms with van der Waals surface area (Å²) < 4.78 is 106. The molecule has 0 saturated heterocycles. The van der Waals surface area contributed by atoms with Gasteiger partial charge in [-0.3, -0.25) is 4.31 Å². The van der Waals surface area contributed by atoms with Crippen molar-refractivity contribution >= 4 is 33.2 Å². The molecule has 0 spiro atoms. The number of nitrogens with zero attached hydrogens (tertiary/aromatic N) is 2. The lowest BCUT2D eigenvalue weighted by Crippen LogP contribution is -2.31. The van der Waals surface area contributed by atoms with Crippen LogP contribution in [0, 0.1) is 0 Å². The molecule has 0 saturated carbocycles. The topological polar surface area (TPSA) is 99.6 Å². The van der Waals surface area contributed by atoms with Crippen LogP contribution in [0.25, 0.3) is 0 Å². The van der Waals surface area contributed by atoms with Gasteiger partial charge in [-0.25, -0.2) is 18.2 Å². The summed E-state index contributed by atoms with van der Waals surface area (Å²) in [5.41, 5.74) is -3.48. The lowest BCUT2D eigenvalue weighted by Gasteiger charge is -2.26. The number of halogens is 6. The van der Waals surface area contributed by atoms with Gasteiger partial charge in [-0.2, -0.15) is 26.3 Å². The number of rotatable bonds is 3. The standard InChI is InChI=1S/C21H13F6N3O4S/c22-20(23,24)12-5-7-13(8-6-12)35(33,34)30-10-11-4-9-16(21(25,26)27)29-18(11)28-15-3-1-2-14(17(15)30)19(31)32/h1-9H,10H2,(H,28,29)(H,31,32). The molecule has 2 N–H and O–H groups in total. The Morgan fingerprint density at radius 3 is 2.17 bits per heavy atom. The summed E-state index contributed by atoms with van der Waals surface area (Å²) in [4.78, 5) is 14.8. The Labute approximate surface area is 193 Å². The Balaban J connectivity index is 1.92. The molecule has 0 unspecified atom stereocenters. The highest BCUT2D eigenvalue weighted by Crippen LogP contribution is 2.42. The van der Waals surface area contributed by atoms with Crippen LogP contribution in [0.4, 0.5) is 43.5 Å². The fraction of sp³-hybridized carbons (Fsp3) is 0.143. The van der Waals surface area contributed by atoms with Gasteiger partial charge in [0.05, 0.1) is 33.9 Å². The SMILES string of the molecule is O=C(O)c1cccc2c1N(S(=O)(=O)c1ccc(C(F)(F)F)cc1)Cc1ccc(C(F)(F)F)nc1N2. The number of pyridine rings is 1. The van der Waals surface area contributed by atoms with E-state index in [1.54, 1.807) is 0 Å². The fourth-order valence-corrected chi connectivity index (χ4v) is 4.96. The highest BCUT2D eigenvalue weighted by atomic mass is 32.2. The molecule has 2 heterocycles. The summed E-state index contributed by atoms with van der Waals surface area (Å²) in [7, 11) is -4.69. The number of anilines is 3. The first-order valence-electron chi connectivity index (χ1n) is 9.60. The minimum absolute atomic E-state index is 0.0268. The van der Waals surface area contributed by atoms with Crippen molar-refractivity contribution in [2.24, 2.45) is 0 Å². The van der Waals surface area contributed by atoms with Gasteiger partial charge >= 0.3 is 18.3 Å². The lowest BCUT2D eigenvalue weighted by molar-refractivity contribution is -0.141. The number of carboxylic acids is 1. The van der Waals surface area contributed by atoms with Crippen LogP contribution in [-0.2, 0) is 28.9 Å². The van der Waals surface area contributed by atoms with E-state index < -0.39 is 62.3 Å². The molecule has 7 nitrogen and oxygen atoms in total. The van der Waals surface area contributed by atoms with Gasteiger partial charge in [0.2, 0.25) is 0 Å². The Morgan fingerprint density at radius 2 is 1.60 bits per heavy atom. The number of alkyl halides is 6. The van der Waals surface area contributed by atoms with Crippen LogP contribution >= 0.6 is 0 Å². The van der Waals surface area contributed by atoms with E-state index >= 15 is 0 Å². The number of hydrogen-bond acceptors (Lipinski definition) is 5. The molecule has 4 rings (SSSR count). The molecule has 1 aliphatic rings. The number of fused-ring (bicyclic) bond motifs is 2. The zero-order valence-electron chi connectivity index (χ0n) is 17.1. The summed E-state index contributed by atoms with van der Waals surface area (Å²) in [5.74, 6) is -1.89. The van der Waals surface area contributed by atoms with Crippen molar-refractivity contribution in [2.45, 2.75) is 23.8 Å². The Morgan fingerprint density at radius 1 is 0.943 bits per heavy atom. The first kappa shape index (κ1) is 24.3. The lowest BCUT2D eigenvalue weighted by atomic mass is 10.1. The van der Waals surface area contributed by atoms with Crippen LogP contribution in [0.3, 0.4) is 0 Å². The molecule has 1 aliphatic heterocycles. The first-order chi connectivity index (χ1) is 16.2. The van der Waals surface area contributed by atoms with Crippen molar-refractivity contribution in [3.63, 3.8) is 0 Å². The maximum absolute atomic E-state index is 13.5. The normalized spacial score (nSPS) is 13.9. The van der Waals surface area contributed by atoms with Gasteiger partial charge in [0, 0.05) is 5.56 Å². The third-order valence-corrected chi connectivity index (χ3v) is 6.88. The molecule has 0 atom stereocenters. The minimum Gasteiger partial charge on any atom is -0.478 e. The molecule has 0 aliphatic carbocycles. The predicted molar refractivity (Wildman–Crippen MR) is 111 cm³/mol. The molecule has 1 aromatic heterocycles. The van der Waals surface area contributed by atoms with Gasteiger partial charge in [-0.15, -0.1) is 0 Å². The molecule has 3 aromatic rings. The van der Waals surface area contributed by atoms with Crippen LogP contribution in [0.1, 0.15) is 27.2 Å². The summed E-state index contributed by atoms with van der Waals surface area (Å²) in [6.45, 7) is -0.645. The van der Waals surface area contributed by atoms with Crippen LogP contribution in [0.15, 0.2) is 59.5 Å². The van der Waals surface area contributed by atoms with Gasteiger partial charge in [0.15, 0.2) is 0 Å². The second kappa shape index (κ2) is 8.15. The number of benzene rings is 2. The second-order valence-electron chi connectivity index (χ2n) is 7.37. The highest BCUT2D eigenvalue weighted by Gasteiger charge is 2.37. The Kier molecular flexibility index (Phi) is 5.66. The van der Waals surface area contributed by atoms with E-state index in [0.29, 0.717) is 34.6 Å². The van der Waals surface area contributed by atoms with Crippen LogP contribution in [-0.4, -0.2) is 24.5 Å². The maximum atomic E-state index is 13.5. The van der Waals surface area contributed by atoms with Crippen LogP contribution in [0.5, 0.6) is 0 Å². The first-order valence-corrected chi connectivity index (χ1v) is 11.0.